The molecule has 2 aromatic heterocycles. The van der Waals surface area contributed by atoms with E-state index < -0.39 is 11.5 Å². The smallest absolute Gasteiger partial charge is 0.288 e. The van der Waals surface area contributed by atoms with E-state index in [9.17, 15) is 9.59 Å². The van der Waals surface area contributed by atoms with Crippen molar-refractivity contribution in [3.05, 3.63) is 58.0 Å². The highest BCUT2D eigenvalue weighted by atomic mass is 32.1. The van der Waals surface area contributed by atoms with Gasteiger partial charge in [-0.25, -0.2) is 4.98 Å². The summed E-state index contributed by atoms with van der Waals surface area (Å²) in [6.45, 7) is 4.55. The molecule has 0 saturated carbocycles. The molecule has 0 aliphatic carbocycles. The number of carbonyl (C=O) groups excluding carboxylic acids is 1. The van der Waals surface area contributed by atoms with Crippen molar-refractivity contribution in [2.45, 2.75) is 26.2 Å². The highest BCUT2D eigenvalue weighted by Gasteiger charge is 2.22. The highest BCUT2D eigenvalue weighted by molar-refractivity contribution is 7.20. The number of nitrogens with zero attached hydrogens (tertiary/aromatic N) is 4. The maximum absolute atomic E-state index is 12.8. The predicted molar refractivity (Wildman–Crippen MR) is 110 cm³/mol. The number of hydrogen-bond acceptors (Lipinski definition) is 6. The number of hydrogen-bond donors (Lipinski definition) is 1. The van der Waals surface area contributed by atoms with E-state index in [1.165, 1.54) is 28.5 Å². The second-order valence-corrected chi connectivity index (χ2v) is 8.18. The fraction of sp³-hybridized carbons (Fsp3) is 0.400. The first-order valence-corrected chi connectivity index (χ1v) is 10.4. The van der Waals surface area contributed by atoms with Crippen molar-refractivity contribution < 1.29 is 4.79 Å². The quantitative estimate of drug-likeness (QED) is 0.715. The largest absolute Gasteiger partial charge is 0.351 e. The van der Waals surface area contributed by atoms with Gasteiger partial charge in [0.05, 0.1) is 0 Å². The molecular formula is C20H23N5O2S. The lowest BCUT2D eigenvalue weighted by molar-refractivity contribution is 0.0952. The molecule has 1 amide bonds. The van der Waals surface area contributed by atoms with Crippen LogP contribution in [0.4, 0.5) is 5.13 Å². The third-order valence-corrected chi connectivity index (χ3v) is 5.97. The summed E-state index contributed by atoms with van der Waals surface area (Å²) >= 11 is 1.39. The molecule has 1 N–H and O–H groups in total. The van der Waals surface area contributed by atoms with E-state index in [1.54, 1.807) is 0 Å². The molecule has 1 saturated heterocycles. The number of carbonyl (C=O) groups is 1. The van der Waals surface area contributed by atoms with Crippen LogP contribution in [0.2, 0.25) is 0 Å². The molecule has 0 unspecified atom stereocenters. The molecule has 0 spiro atoms. The fourth-order valence-electron chi connectivity index (χ4n) is 3.48. The van der Waals surface area contributed by atoms with E-state index in [2.05, 4.69) is 27.2 Å². The molecule has 1 aliphatic rings. The fourth-order valence-corrected chi connectivity index (χ4v) is 4.38. The van der Waals surface area contributed by atoms with Crippen LogP contribution in [0.1, 0.15) is 35.7 Å². The third-order valence-electron chi connectivity index (χ3n) is 4.99. The molecule has 3 aromatic rings. The minimum absolute atomic E-state index is 0.0226. The summed E-state index contributed by atoms with van der Waals surface area (Å²) in [6, 6.07) is 9.89. The monoisotopic (exact) mass is 397 g/mol. The van der Waals surface area contributed by atoms with Gasteiger partial charge in [0, 0.05) is 25.8 Å². The van der Waals surface area contributed by atoms with E-state index >= 15 is 0 Å². The first-order valence-electron chi connectivity index (χ1n) is 9.58. The molecule has 7 nitrogen and oxygen atoms in total. The second kappa shape index (κ2) is 8.10. The Balaban J connectivity index is 1.49. The van der Waals surface area contributed by atoms with Crippen molar-refractivity contribution in [1.82, 2.24) is 19.9 Å². The van der Waals surface area contributed by atoms with Crippen LogP contribution in [0, 0.1) is 5.92 Å². The average molecular weight is 398 g/mol. The first-order chi connectivity index (χ1) is 13.6. The summed E-state index contributed by atoms with van der Waals surface area (Å²) in [6.07, 6.45) is 4.40. The number of rotatable bonds is 5. The summed E-state index contributed by atoms with van der Waals surface area (Å²) in [7, 11) is 0. The molecular weight excluding hydrogens is 374 g/mol. The Morgan fingerprint density at radius 2 is 2.14 bits per heavy atom. The number of anilines is 1. The molecule has 0 bridgehead atoms. The van der Waals surface area contributed by atoms with Gasteiger partial charge in [0.15, 0.2) is 0 Å². The third kappa shape index (κ3) is 3.91. The summed E-state index contributed by atoms with van der Waals surface area (Å²) < 4.78 is 1.26. The summed E-state index contributed by atoms with van der Waals surface area (Å²) in [4.78, 5) is 32.2. The first kappa shape index (κ1) is 18.6. The highest BCUT2D eigenvalue weighted by Crippen LogP contribution is 2.26. The van der Waals surface area contributed by atoms with Crippen molar-refractivity contribution >= 4 is 27.3 Å². The van der Waals surface area contributed by atoms with Gasteiger partial charge in [0.25, 0.3) is 11.5 Å². The molecule has 28 heavy (non-hydrogen) atoms. The van der Waals surface area contributed by atoms with Crippen LogP contribution in [0.3, 0.4) is 0 Å². The average Bonchev–Trinajstić information content (AvgIpc) is 3.14. The van der Waals surface area contributed by atoms with E-state index in [0.29, 0.717) is 23.8 Å². The van der Waals surface area contributed by atoms with Crippen LogP contribution in [-0.2, 0) is 6.42 Å². The van der Waals surface area contributed by atoms with Crippen molar-refractivity contribution in [1.29, 1.82) is 0 Å². The number of piperidine rings is 1. The minimum atomic E-state index is -0.422. The van der Waals surface area contributed by atoms with Crippen molar-refractivity contribution in [3.63, 3.8) is 0 Å². The maximum atomic E-state index is 12.8. The molecule has 1 aromatic carbocycles. The Morgan fingerprint density at radius 3 is 2.93 bits per heavy atom. The minimum Gasteiger partial charge on any atom is -0.351 e. The van der Waals surface area contributed by atoms with Crippen LogP contribution < -0.4 is 15.8 Å². The van der Waals surface area contributed by atoms with Gasteiger partial charge in [-0.05, 0) is 30.7 Å². The Kier molecular flexibility index (Phi) is 5.38. The summed E-state index contributed by atoms with van der Waals surface area (Å²) in [5, 5.41) is 8.04. The van der Waals surface area contributed by atoms with Gasteiger partial charge in [-0.3, -0.25) is 9.59 Å². The molecule has 4 rings (SSSR count). The van der Waals surface area contributed by atoms with Gasteiger partial charge in [-0.2, -0.15) is 4.52 Å². The van der Waals surface area contributed by atoms with Crippen molar-refractivity contribution in [2.75, 3.05) is 24.5 Å². The molecule has 8 heteroatoms. The van der Waals surface area contributed by atoms with Crippen molar-refractivity contribution in [2.24, 2.45) is 5.92 Å². The molecule has 1 fully saturated rings. The normalized spacial score (nSPS) is 17.0. The summed E-state index contributed by atoms with van der Waals surface area (Å²) in [5.74, 6) is 0.195. The predicted octanol–water partition coefficient (Wildman–Crippen LogP) is 2.36. The lowest BCUT2D eigenvalue weighted by atomic mass is 10.0. The molecule has 1 aliphatic heterocycles. The van der Waals surface area contributed by atoms with Crippen LogP contribution in [0.15, 0.2) is 41.3 Å². The number of amides is 1. The Bertz CT molecular complexity index is 1030. The van der Waals surface area contributed by atoms with E-state index in [4.69, 9.17) is 0 Å². The standard InChI is InChI=1S/C20H23N5O2S/c1-14-6-5-11-24(13-14)20-23-25-18(27)16(12-22-19(25)28-20)17(26)21-10-9-15-7-3-2-4-8-15/h2-4,7-8,12,14H,5-6,9-11,13H2,1H3,(H,21,26)/t14-/m0/s1. The van der Waals surface area contributed by atoms with E-state index in [-0.39, 0.29) is 5.56 Å². The lowest BCUT2D eigenvalue weighted by Crippen LogP contribution is -2.35. The Labute approximate surface area is 167 Å². The van der Waals surface area contributed by atoms with Crippen LogP contribution in [0.5, 0.6) is 0 Å². The molecule has 1 atom stereocenters. The zero-order valence-electron chi connectivity index (χ0n) is 15.8. The molecule has 0 radical (unpaired) electrons. The van der Waals surface area contributed by atoms with Gasteiger partial charge in [0.1, 0.15) is 5.56 Å². The lowest BCUT2D eigenvalue weighted by Gasteiger charge is -2.30. The van der Waals surface area contributed by atoms with Crippen LogP contribution >= 0.6 is 11.3 Å². The van der Waals surface area contributed by atoms with Crippen molar-refractivity contribution in [3.8, 4) is 0 Å². The topological polar surface area (TPSA) is 79.6 Å². The summed E-state index contributed by atoms with van der Waals surface area (Å²) in [5.41, 5.74) is 0.734. The number of fused-ring (bicyclic) bond motifs is 1. The van der Waals surface area contributed by atoms with Gasteiger partial charge < -0.3 is 10.2 Å². The van der Waals surface area contributed by atoms with Gasteiger partial charge >= 0.3 is 0 Å². The molecule has 3 heterocycles. The zero-order valence-corrected chi connectivity index (χ0v) is 16.6. The SMILES string of the molecule is C[C@H]1CCCN(c2nn3c(=O)c(C(=O)NCCc4ccccc4)cnc3s2)C1. The van der Waals surface area contributed by atoms with Gasteiger partial charge in [-0.15, -0.1) is 5.10 Å². The number of benzene rings is 1. The second-order valence-electron chi connectivity index (χ2n) is 7.24. The van der Waals surface area contributed by atoms with Crippen LogP contribution in [-0.4, -0.2) is 40.1 Å². The number of aromatic nitrogens is 3. The Hall–Kier alpha value is -2.74. The van der Waals surface area contributed by atoms with E-state index in [1.807, 2.05) is 30.3 Å². The van der Waals surface area contributed by atoms with Gasteiger partial charge in [-0.1, -0.05) is 48.6 Å². The number of nitrogens with one attached hydrogen (secondary N) is 1. The molecule has 146 valence electrons. The maximum Gasteiger partial charge on any atom is 0.288 e. The van der Waals surface area contributed by atoms with Crippen LogP contribution in [0.25, 0.3) is 4.96 Å². The van der Waals surface area contributed by atoms with Gasteiger partial charge in [0.2, 0.25) is 10.1 Å². The Morgan fingerprint density at radius 1 is 1.32 bits per heavy atom. The van der Waals surface area contributed by atoms with E-state index in [0.717, 1.165) is 30.2 Å². The zero-order chi connectivity index (χ0) is 19.5.